The van der Waals surface area contributed by atoms with Crippen LogP contribution < -0.4 is 20.7 Å². The lowest BCUT2D eigenvalue weighted by Crippen LogP contribution is -2.40. The molecule has 0 aromatic heterocycles. The third-order valence-electron chi connectivity index (χ3n) is 4.65. The Labute approximate surface area is 183 Å². The number of hydrogen-bond donors (Lipinski definition) is 3. The van der Waals surface area contributed by atoms with Gasteiger partial charge in [-0.05, 0) is 63.1 Å². The van der Waals surface area contributed by atoms with E-state index in [9.17, 15) is 9.18 Å². The second-order valence-electron chi connectivity index (χ2n) is 7.35. The molecule has 1 aromatic rings. The van der Waals surface area contributed by atoms with Gasteiger partial charge in [-0.15, -0.1) is 24.0 Å². The smallest absolute Gasteiger partial charge is 0.242 e. The van der Waals surface area contributed by atoms with Crippen LogP contribution in [0.5, 0.6) is 5.75 Å². The lowest BCUT2D eigenvalue weighted by atomic mass is 10.1. The lowest BCUT2D eigenvalue weighted by molar-refractivity contribution is -0.119. The van der Waals surface area contributed by atoms with E-state index in [1.165, 1.54) is 18.9 Å². The second kappa shape index (κ2) is 10.8. The van der Waals surface area contributed by atoms with E-state index < -0.39 is 0 Å². The van der Waals surface area contributed by atoms with Gasteiger partial charge in [-0.25, -0.2) is 9.38 Å². The number of amides is 1. The Hall–Kier alpha value is -1.58. The molecular formula is C20H30FIN4O2. The molecule has 1 atom stereocenters. The van der Waals surface area contributed by atoms with E-state index in [4.69, 9.17) is 4.74 Å². The summed E-state index contributed by atoms with van der Waals surface area (Å²) in [5, 5.41) is 9.24. The van der Waals surface area contributed by atoms with E-state index in [0.717, 1.165) is 18.4 Å². The molecule has 2 aliphatic carbocycles. The number of halogens is 2. The summed E-state index contributed by atoms with van der Waals surface area (Å²) in [5.41, 5.74) is 0.791. The van der Waals surface area contributed by atoms with E-state index in [2.05, 4.69) is 20.9 Å². The zero-order valence-corrected chi connectivity index (χ0v) is 18.8. The maximum absolute atomic E-state index is 14.3. The average molecular weight is 504 g/mol. The Morgan fingerprint density at radius 2 is 2.07 bits per heavy atom. The number of aliphatic imine (C=N–C) groups is 1. The van der Waals surface area contributed by atoms with Crippen LogP contribution >= 0.6 is 24.0 Å². The summed E-state index contributed by atoms with van der Waals surface area (Å²) in [6.45, 7) is 5.21. The first kappa shape index (κ1) is 22.7. The summed E-state index contributed by atoms with van der Waals surface area (Å²) in [6, 6.07) is 5.18. The fourth-order valence-electron chi connectivity index (χ4n) is 2.66. The maximum atomic E-state index is 14.3. The molecule has 2 fully saturated rings. The fourth-order valence-corrected chi connectivity index (χ4v) is 2.66. The van der Waals surface area contributed by atoms with Crippen LogP contribution in [0.3, 0.4) is 0 Å². The second-order valence-corrected chi connectivity index (χ2v) is 7.35. The molecular weight excluding hydrogens is 474 g/mol. The van der Waals surface area contributed by atoms with Gasteiger partial charge in [0.1, 0.15) is 6.54 Å². The predicted octanol–water partition coefficient (Wildman–Crippen LogP) is 3.13. The third-order valence-corrected chi connectivity index (χ3v) is 4.65. The molecule has 6 nitrogen and oxygen atoms in total. The first-order chi connectivity index (χ1) is 13.0. The van der Waals surface area contributed by atoms with Gasteiger partial charge >= 0.3 is 0 Å². The summed E-state index contributed by atoms with van der Waals surface area (Å²) in [4.78, 5) is 16.1. The van der Waals surface area contributed by atoms with Gasteiger partial charge in [-0.3, -0.25) is 4.79 Å². The molecule has 1 unspecified atom stereocenters. The monoisotopic (exact) mass is 504 g/mol. The molecule has 0 radical (unpaired) electrons. The van der Waals surface area contributed by atoms with Crippen molar-refractivity contribution >= 4 is 35.8 Å². The van der Waals surface area contributed by atoms with Crippen molar-refractivity contribution in [3.8, 4) is 5.75 Å². The highest BCUT2D eigenvalue weighted by molar-refractivity contribution is 14.0. The number of benzene rings is 1. The van der Waals surface area contributed by atoms with Crippen molar-refractivity contribution in [1.82, 2.24) is 16.0 Å². The number of carbonyl (C=O) groups excluding carboxylic acids is 1. The van der Waals surface area contributed by atoms with Crippen LogP contribution in [0.4, 0.5) is 4.39 Å². The van der Waals surface area contributed by atoms with E-state index in [1.54, 1.807) is 6.07 Å². The van der Waals surface area contributed by atoms with Crippen molar-refractivity contribution in [2.45, 2.75) is 51.6 Å². The van der Waals surface area contributed by atoms with Gasteiger partial charge in [0.25, 0.3) is 0 Å². The highest BCUT2D eigenvalue weighted by Crippen LogP contribution is 2.30. The molecule has 1 amide bonds. The van der Waals surface area contributed by atoms with Gasteiger partial charge in [0.2, 0.25) is 5.91 Å². The van der Waals surface area contributed by atoms with Gasteiger partial charge < -0.3 is 20.7 Å². The van der Waals surface area contributed by atoms with Crippen LogP contribution in [0.25, 0.3) is 0 Å². The zero-order chi connectivity index (χ0) is 19.2. The number of nitrogens with zero attached hydrogens (tertiary/aromatic N) is 1. The molecule has 3 rings (SSSR count). The van der Waals surface area contributed by atoms with E-state index in [1.807, 2.05) is 19.9 Å². The number of hydrogen-bond acceptors (Lipinski definition) is 3. The molecule has 1 aromatic carbocycles. The van der Waals surface area contributed by atoms with Gasteiger partial charge in [0.15, 0.2) is 17.5 Å². The minimum Gasteiger partial charge on any atom is -0.490 e. The van der Waals surface area contributed by atoms with Crippen molar-refractivity contribution in [2.75, 3.05) is 19.7 Å². The molecule has 3 N–H and O–H groups in total. The minimum atomic E-state index is -0.354. The summed E-state index contributed by atoms with van der Waals surface area (Å²) in [6.07, 6.45) is 4.45. The number of carbonyl (C=O) groups is 1. The molecule has 28 heavy (non-hydrogen) atoms. The standard InChI is InChI=1S/C20H29FN4O2.HI/c1-3-22-20(23-11-19(26)25-16-7-8-16)24-13(2)15-6-9-18(17(21)10-15)27-12-14-4-5-14;/h6,9-10,13-14,16H,3-5,7-8,11-12H2,1-2H3,(H,25,26)(H2,22,23,24);1H. The molecule has 0 bridgehead atoms. The Morgan fingerprint density at radius 1 is 1.32 bits per heavy atom. The van der Waals surface area contributed by atoms with Crippen LogP contribution in [0.2, 0.25) is 0 Å². The van der Waals surface area contributed by atoms with Crippen LogP contribution in [0.15, 0.2) is 23.2 Å². The quantitative estimate of drug-likeness (QED) is 0.275. The van der Waals surface area contributed by atoms with Crippen molar-refractivity contribution in [2.24, 2.45) is 10.9 Å². The molecule has 156 valence electrons. The molecule has 0 aliphatic heterocycles. The van der Waals surface area contributed by atoms with Crippen LogP contribution in [-0.4, -0.2) is 37.6 Å². The van der Waals surface area contributed by atoms with Gasteiger partial charge in [-0.2, -0.15) is 0 Å². The molecule has 0 heterocycles. The average Bonchev–Trinajstić information content (AvgIpc) is 3.54. The number of nitrogens with one attached hydrogen (secondary N) is 3. The summed E-state index contributed by atoms with van der Waals surface area (Å²) < 4.78 is 19.8. The van der Waals surface area contributed by atoms with E-state index in [0.29, 0.717) is 36.8 Å². The zero-order valence-electron chi connectivity index (χ0n) is 16.5. The SMILES string of the molecule is CCNC(=NCC(=O)NC1CC1)NC(C)c1ccc(OCC2CC2)c(F)c1.I. The first-order valence-electron chi connectivity index (χ1n) is 9.81. The van der Waals surface area contributed by atoms with Crippen molar-refractivity contribution in [3.05, 3.63) is 29.6 Å². The molecule has 8 heteroatoms. The topological polar surface area (TPSA) is 74.8 Å². The molecule has 0 saturated heterocycles. The Kier molecular flexibility index (Phi) is 8.78. The molecule has 2 saturated carbocycles. The van der Waals surface area contributed by atoms with Gasteiger partial charge in [-0.1, -0.05) is 6.07 Å². The Morgan fingerprint density at radius 3 is 2.68 bits per heavy atom. The Bertz CT molecular complexity index is 693. The number of rotatable bonds is 9. The van der Waals surface area contributed by atoms with Crippen LogP contribution in [0, 0.1) is 11.7 Å². The first-order valence-corrected chi connectivity index (χ1v) is 9.81. The van der Waals surface area contributed by atoms with Gasteiger partial charge in [0.05, 0.1) is 12.6 Å². The maximum Gasteiger partial charge on any atom is 0.242 e. The highest BCUT2D eigenvalue weighted by atomic mass is 127. The van der Waals surface area contributed by atoms with Gasteiger partial charge in [0, 0.05) is 12.6 Å². The van der Waals surface area contributed by atoms with Crippen LogP contribution in [-0.2, 0) is 4.79 Å². The predicted molar refractivity (Wildman–Crippen MR) is 119 cm³/mol. The Balaban J connectivity index is 0.00000280. The summed E-state index contributed by atoms with van der Waals surface area (Å²) >= 11 is 0. The molecule has 0 spiro atoms. The van der Waals surface area contributed by atoms with E-state index >= 15 is 0 Å². The highest BCUT2D eigenvalue weighted by Gasteiger charge is 2.23. The molecule has 2 aliphatic rings. The van der Waals surface area contributed by atoms with E-state index in [-0.39, 0.29) is 48.3 Å². The summed E-state index contributed by atoms with van der Waals surface area (Å²) in [7, 11) is 0. The number of guanidine groups is 1. The third kappa shape index (κ3) is 7.44. The summed E-state index contributed by atoms with van der Waals surface area (Å²) in [5.74, 6) is 0.986. The lowest BCUT2D eigenvalue weighted by Gasteiger charge is -2.19. The minimum absolute atomic E-state index is 0. The van der Waals surface area contributed by atoms with Crippen molar-refractivity contribution in [3.63, 3.8) is 0 Å². The van der Waals surface area contributed by atoms with Crippen LogP contribution in [0.1, 0.15) is 51.1 Å². The number of ether oxygens (including phenoxy) is 1. The van der Waals surface area contributed by atoms with Crippen molar-refractivity contribution in [1.29, 1.82) is 0 Å². The normalized spacial score (nSPS) is 17.3. The largest absolute Gasteiger partial charge is 0.490 e. The van der Waals surface area contributed by atoms with Crippen molar-refractivity contribution < 1.29 is 13.9 Å². The fraction of sp³-hybridized carbons (Fsp3) is 0.600.